The number of pyridine rings is 1. The maximum absolute atomic E-state index is 14.0. The summed E-state index contributed by atoms with van der Waals surface area (Å²) in [4.78, 5) is 23.7. The van der Waals surface area contributed by atoms with Gasteiger partial charge in [0.25, 0.3) is 0 Å². The number of methoxy groups -OCH3 is 1. The molecule has 2 aliphatic heterocycles. The van der Waals surface area contributed by atoms with Gasteiger partial charge < -0.3 is 14.5 Å². The van der Waals surface area contributed by atoms with Crippen molar-refractivity contribution in [2.75, 3.05) is 30.0 Å². The first-order valence-corrected chi connectivity index (χ1v) is 12.6. The van der Waals surface area contributed by atoms with Crippen molar-refractivity contribution in [2.45, 2.75) is 51.5 Å². The summed E-state index contributed by atoms with van der Waals surface area (Å²) in [5.74, 6) is 0.979. The molecule has 2 amide bonds. The van der Waals surface area contributed by atoms with Crippen molar-refractivity contribution >= 4 is 17.5 Å². The number of piperidine rings is 1. The summed E-state index contributed by atoms with van der Waals surface area (Å²) in [7, 11) is 3.35. The van der Waals surface area contributed by atoms with Crippen LogP contribution in [0.15, 0.2) is 42.7 Å². The summed E-state index contributed by atoms with van der Waals surface area (Å²) >= 11 is 0. The molecule has 0 spiro atoms. The predicted octanol–water partition coefficient (Wildman–Crippen LogP) is 5.32. The molecule has 0 N–H and O–H groups in total. The van der Waals surface area contributed by atoms with E-state index in [0.29, 0.717) is 44.2 Å². The molecule has 2 aliphatic rings. The number of carbonyl (C=O) groups is 1. The highest BCUT2D eigenvalue weighted by Gasteiger charge is 2.43. The van der Waals surface area contributed by atoms with Gasteiger partial charge in [0.1, 0.15) is 5.69 Å². The number of hydrogen-bond acceptors (Lipinski definition) is 5. The van der Waals surface area contributed by atoms with E-state index in [1.165, 1.54) is 17.0 Å². The summed E-state index contributed by atoms with van der Waals surface area (Å²) in [6.07, 6.45) is 0.438. The predicted molar refractivity (Wildman–Crippen MR) is 137 cm³/mol. The normalized spacial score (nSPS) is 17.6. The summed E-state index contributed by atoms with van der Waals surface area (Å²) in [5.41, 5.74) is 2.13. The van der Waals surface area contributed by atoms with Gasteiger partial charge in [0, 0.05) is 44.1 Å². The molecule has 8 nitrogen and oxygen atoms in total. The molecule has 202 valence electrons. The molecular weight excluding hydrogens is 497 g/mol. The van der Waals surface area contributed by atoms with Crippen molar-refractivity contribution in [2.24, 2.45) is 7.05 Å². The van der Waals surface area contributed by atoms with Crippen LogP contribution in [0.4, 0.5) is 29.5 Å². The average Bonchev–Trinajstić information content (AvgIpc) is 3.27. The number of benzene rings is 1. The van der Waals surface area contributed by atoms with E-state index >= 15 is 0 Å². The smallest absolute Gasteiger partial charge is 0.416 e. The van der Waals surface area contributed by atoms with Gasteiger partial charge in [-0.3, -0.25) is 9.58 Å². The van der Waals surface area contributed by atoms with Gasteiger partial charge in [-0.25, -0.2) is 9.78 Å². The lowest BCUT2D eigenvalue weighted by Crippen LogP contribution is -2.54. The van der Waals surface area contributed by atoms with Crippen LogP contribution in [-0.4, -0.2) is 51.9 Å². The van der Waals surface area contributed by atoms with Crippen LogP contribution in [0.2, 0.25) is 0 Å². The summed E-state index contributed by atoms with van der Waals surface area (Å²) in [6.45, 7) is 5.41. The van der Waals surface area contributed by atoms with Crippen molar-refractivity contribution in [3.05, 3.63) is 65.0 Å². The summed E-state index contributed by atoms with van der Waals surface area (Å²) in [5, 5.41) is 4.47. The van der Waals surface area contributed by atoms with E-state index in [0.717, 1.165) is 22.9 Å². The van der Waals surface area contributed by atoms with Gasteiger partial charge in [-0.15, -0.1) is 0 Å². The van der Waals surface area contributed by atoms with Crippen molar-refractivity contribution in [1.29, 1.82) is 0 Å². The molecule has 1 fully saturated rings. The Bertz CT molecular complexity index is 1330. The number of urea groups is 1. The molecule has 0 unspecified atom stereocenters. The Kier molecular flexibility index (Phi) is 6.70. The van der Waals surface area contributed by atoms with Crippen molar-refractivity contribution in [3.63, 3.8) is 0 Å². The third kappa shape index (κ3) is 4.54. The average molecular weight is 529 g/mol. The zero-order valence-corrected chi connectivity index (χ0v) is 21.9. The van der Waals surface area contributed by atoms with Crippen LogP contribution in [0, 0.1) is 6.92 Å². The maximum atomic E-state index is 14.0. The number of amides is 2. The van der Waals surface area contributed by atoms with Gasteiger partial charge in [-0.1, -0.05) is 18.2 Å². The molecule has 0 radical (unpaired) electrons. The Morgan fingerprint density at radius 3 is 2.53 bits per heavy atom. The van der Waals surface area contributed by atoms with Crippen LogP contribution < -0.4 is 14.5 Å². The molecule has 1 saturated heterocycles. The molecule has 4 heterocycles. The van der Waals surface area contributed by atoms with E-state index in [1.807, 2.05) is 19.2 Å². The van der Waals surface area contributed by atoms with Gasteiger partial charge in [-0.2, -0.15) is 18.3 Å². The minimum atomic E-state index is -4.53. The van der Waals surface area contributed by atoms with Crippen LogP contribution in [-0.2, 0) is 19.8 Å². The van der Waals surface area contributed by atoms with Gasteiger partial charge in [0.2, 0.25) is 5.88 Å². The fraction of sp³-hybridized carbons (Fsp3) is 0.444. The van der Waals surface area contributed by atoms with Gasteiger partial charge >= 0.3 is 12.2 Å². The van der Waals surface area contributed by atoms with E-state index in [-0.39, 0.29) is 17.6 Å². The Labute approximate surface area is 219 Å². The van der Waals surface area contributed by atoms with Crippen LogP contribution in [0.25, 0.3) is 0 Å². The Morgan fingerprint density at radius 2 is 1.84 bits per heavy atom. The molecule has 0 aliphatic carbocycles. The number of fused-ring (bicyclic) bond motifs is 1. The lowest BCUT2D eigenvalue weighted by Gasteiger charge is -2.44. The topological polar surface area (TPSA) is 66.7 Å². The molecule has 1 atom stereocenters. The second-order valence-electron chi connectivity index (χ2n) is 9.90. The molecule has 1 aromatic carbocycles. The highest BCUT2D eigenvalue weighted by Crippen LogP contribution is 2.41. The second-order valence-corrected chi connectivity index (χ2v) is 9.90. The third-order valence-corrected chi connectivity index (χ3v) is 7.51. The van der Waals surface area contributed by atoms with Gasteiger partial charge in [-0.05, 0) is 49.9 Å². The molecule has 2 aromatic heterocycles. The van der Waals surface area contributed by atoms with Crippen molar-refractivity contribution < 1.29 is 22.7 Å². The van der Waals surface area contributed by atoms with E-state index in [9.17, 15) is 18.0 Å². The number of rotatable bonds is 5. The van der Waals surface area contributed by atoms with Gasteiger partial charge in [0.15, 0.2) is 5.82 Å². The molecule has 0 saturated carbocycles. The number of ether oxygens (including phenoxy) is 1. The highest BCUT2D eigenvalue weighted by atomic mass is 19.4. The first kappa shape index (κ1) is 25.9. The molecular formula is C27H31F3N6O2. The minimum absolute atomic E-state index is 0.0424. The van der Waals surface area contributed by atoms with E-state index in [4.69, 9.17) is 4.74 Å². The number of aromatic nitrogens is 3. The zero-order chi connectivity index (χ0) is 27.2. The summed E-state index contributed by atoms with van der Waals surface area (Å²) < 4.78 is 48.6. The number of anilines is 2. The summed E-state index contributed by atoms with van der Waals surface area (Å²) in [6, 6.07) is 6.11. The maximum Gasteiger partial charge on any atom is 0.416 e. The van der Waals surface area contributed by atoms with Crippen molar-refractivity contribution in [3.8, 4) is 5.88 Å². The van der Waals surface area contributed by atoms with Crippen LogP contribution in [0.1, 0.15) is 48.1 Å². The fourth-order valence-electron chi connectivity index (χ4n) is 5.67. The minimum Gasteiger partial charge on any atom is -0.480 e. The van der Waals surface area contributed by atoms with Crippen LogP contribution in [0.3, 0.4) is 0 Å². The third-order valence-electron chi connectivity index (χ3n) is 7.51. The number of nitrogens with zero attached hydrogens (tertiary/aromatic N) is 6. The highest BCUT2D eigenvalue weighted by molar-refractivity contribution is 5.94. The van der Waals surface area contributed by atoms with E-state index < -0.39 is 17.8 Å². The van der Waals surface area contributed by atoms with Crippen LogP contribution >= 0.6 is 0 Å². The molecule has 38 heavy (non-hydrogen) atoms. The second kappa shape index (κ2) is 9.85. The first-order chi connectivity index (χ1) is 18.1. The lowest BCUT2D eigenvalue weighted by atomic mass is 9.97. The standard InChI is InChI=1S/C27H31F3N6O2/c1-17-9-12-31-25(38-4)23(17)34-13-10-20(11-14-34)35-16-19-15-33(3)32-24(19)36(26(35)37)18(2)21-7-5-6-8-22(21)27(28,29)30/h5-9,12,15,18,20H,10-11,13-14,16H2,1-4H3/t18-/m0/s1. The number of hydrogen-bond donors (Lipinski definition) is 0. The lowest BCUT2D eigenvalue weighted by molar-refractivity contribution is -0.138. The first-order valence-electron chi connectivity index (χ1n) is 12.6. The van der Waals surface area contributed by atoms with E-state index in [1.54, 1.807) is 42.9 Å². The zero-order valence-electron chi connectivity index (χ0n) is 21.9. The Hall–Kier alpha value is -3.76. The molecule has 11 heteroatoms. The number of aryl methyl sites for hydroxylation is 2. The number of alkyl halides is 3. The number of carbonyl (C=O) groups excluding carboxylic acids is 1. The van der Waals surface area contributed by atoms with Crippen molar-refractivity contribution in [1.82, 2.24) is 19.7 Å². The Morgan fingerprint density at radius 1 is 1.13 bits per heavy atom. The largest absolute Gasteiger partial charge is 0.480 e. The molecule has 3 aromatic rings. The SMILES string of the molecule is COc1nccc(C)c1N1CCC(N2Cc3cn(C)nc3N([C@@H](C)c3ccccc3C(F)(F)F)C2=O)CC1. The molecule has 5 rings (SSSR count). The fourth-order valence-corrected chi connectivity index (χ4v) is 5.67. The number of halogens is 3. The van der Waals surface area contributed by atoms with E-state index in [2.05, 4.69) is 15.0 Å². The Balaban J connectivity index is 1.43. The van der Waals surface area contributed by atoms with Crippen LogP contribution in [0.5, 0.6) is 5.88 Å². The molecule has 0 bridgehead atoms. The monoisotopic (exact) mass is 528 g/mol. The quantitative estimate of drug-likeness (QED) is 0.448. The van der Waals surface area contributed by atoms with Gasteiger partial charge in [0.05, 0.1) is 25.3 Å².